The summed E-state index contributed by atoms with van der Waals surface area (Å²) in [5, 5.41) is 0. The van der Waals surface area contributed by atoms with Crippen LogP contribution in [0.4, 0.5) is 4.39 Å². The molecule has 8 rings (SSSR count). The highest BCUT2D eigenvalue weighted by Gasteiger charge is 2.47. The van der Waals surface area contributed by atoms with E-state index in [1.807, 2.05) is 21.4 Å². The molecule has 5 aromatic rings. The molecule has 0 spiro atoms. The maximum Gasteiger partial charge on any atom is 0.274 e. The minimum Gasteiger partial charge on any atom is -0.381 e. The average Bonchev–Trinajstić information content (AvgIpc) is 3.65. The van der Waals surface area contributed by atoms with Gasteiger partial charge in [0.2, 0.25) is 0 Å². The molecule has 3 aliphatic rings. The Morgan fingerprint density at radius 1 is 1.05 bits per heavy atom. The molecule has 2 N–H and O–H groups in total. The number of carbonyl (C=O) groups excluding carboxylic acids is 1. The van der Waals surface area contributed by atoms with Crippen molar-refractivity contribution in [1.29, 1.82) is 0 Å². The number of ether oxygens (including phenoxy) is 1. The minimum atomic E-state index is -0.529. The first kappa shape index (κ1) is 21.7. The van der Waals surface area contributed by atoms with Crippen molar-refractivity contribution in [3.63, 3.8) is 0 Å². The van der Waals surface area contributed by atoms with Crippen LogP contribution in [0.2, 0.25) is 0 Å². The smallest absolute Gasteiger partial charge is 0.274 e. The van der Waals surface area contributed by atoms with Gasteiger partial charge in [-0.05, 0) is 48.2 Å². The second-order valence-corrected chi connectivity index (χ2v) is 10.3. The molecular weight excluding hydrogens is 487 g/mol. The molecule has 0 bridgehead atoms. The summed E-state index contributed by atoms with van der Waals surface area (Å²) in [5.41, 5.74) is 5.37. The first-order chi connectivity index (χ1) is 18.6. The van der Waals surface area contributed by atoms with Crippen LogP contribution in [0.5, 0.6) is 0 Å². The second kappa shape index (κ2) is 7.84. The number of imidazole rings is 2. The fraction of sp³-hybridized carbons (Fsp3) is 0.286. The van der Waals surface area contributed by atoms with Crippen molar-refractivity contribution in [1.82, 2.24) is 29.2 Å². The van der Waals surface area contributed by atoms with Gasteiger partial charge in [-0.1, -0.05) is 12.1 Å². The number of fused-ring (bicyclic) bond motifs is 7. The van der Waals surface area contributed by atoms with Gasteiger partial charge in [0, 0.05) is 36.8 Å². The highest BCUT2D eigenvalue weighted by molar-refractivity contribution is 6.03. The van der Waals surface area contributed by atoms with Crippen LogP contribution in [0.25, 0.3) is 16.6 Å². The Kier molecular flexibility index (Phi) is 4.49. The van der Waals surface area contributed by atoms with Crippen LogP contribution >= 0.6 is 0 Å². The lowest BCUT2D eigenvalue weighted by molar-refractivity contribution is 0.0634. The Morgan fingerprint density at radius 2 is 1.92 bits per heavy atom. The molecule has 38 heavy (non-hydrogen) atoms. The molecule has 3 aromatic heterocycles. The van der Waals surface area contributed by atoms with E-state index in [0.29, 0.717) is 41.8 Å². The normalized spacial score (nSPS) is 21.2. The standard InChI is InChI=1S/C28H23FN6O3/c29-16-3-1-2-15(8-16)25-24-20(31-13-32-24)11-21-17-10-22-19(9-18(17)28(37)35(21)25)33-27(36)23-12-30-26(34(22)23)14-4-6-38-7-5-14/h1-3,8-10,12-14,21,25H,4-7,11H2,(H,31,32)(H,33,36). The summed E-state index contributed by atoms with van der Waals surface area (Å²) in [4.78, 5) is 44.2. The molecule has 1 saturated heterocycles. The van der Waals surface area contributed by atoms with Crippen LogP contribution in [-0.2, 0) is 11.2 Å². The van der Waals surface area contributed by atoms with Gasteiger partial charge in [0.25, 0.3) is 11.5 Å². The van der Waals surface area contributed by atoms with E-state index in [-0.39, 0.29) is 29.2 Å². The number of rotatable bonds is 2. The lowest BCUT2D eigenvalue weighted by atomic mass is 9.90. The molecule has 6 heterocycles. The lowest BCUT2D eigenvalue weighted by Gasteiger charge is -2.37. The number of hydrogen-bond acceptors (Lipinski definition) is 5. The maximum atomic E-state index is 14.3. The van der Waals surface area contributed by atoms with Crippen LogP contribution in [0.1, 0.15) is 69.5 Å². The van der Waals surface area contributed by atoms with Crippen molar-refractivity contribution >= 4 is 22.5 Å². The molecular formula is C28H23FN6O3. The molecule has 190 valence electrons. The fourth-order valence-electron chi connectivity index (χ4n) is 6.55. The monoisotopic (exact) mass is 510 g/mol. The van der Waals surface area contributed by atoms with Gasteiger partial charge in [-0.2, -0.15) is 0 Å². The zero-order valence-electron chi connectivity index (χ0n) is 20.3. The van der Waals surface area contributed by atoms with Crippen LogP contribution in [0.3, 0.4) is 0 Å². The van der Waals surface area contributed by atoms with E-state index in [0.717, 1.165) is 41.1 Å². The lowest BCUT2D eigenvalue weighted by Crippen LogP contribution is -2.38. The largest absolute Gasteiger partial charge is 0.381 e. The van der Waals surface area contributed by atoms with Crippen molar-refractivity contribution in [3.05, 3.63) is 99.0 Å². The number of aromatic nitrogens is 5. The molecule has 2 aromatic carbocycles. The quantitative estimate of drug-likeness (QED) is 0.376. The number of aromatic amines is 2. The summed E-state index contributed by atoms with van der Waals surface area (Å²) in [6.45, 7) is 1.32. The van der Waals surface area contributed by atoms with E-state index in [1.54, 1.807) is 24.7 Å². The van der Waals surface area contributed by atoms with Crippen molar-refractivity contribution in [2.45, 2.75) is 37.3 Å². The summed E-state index contributed by atoms with van der Waals surface area (Å²) in [6, 6.07) is 9.35. The molecule has 0 aliphatic carbocycles. The summed E-state index contributed by atoms with van der Waals surface area (Å²) < 4.78 is 21.8. The maximum absolute atomic E-state index is 14.3. The number of amides is 1. The number of carbonyl (C=O) groups is 1. The fourth-order valence-corrected chi connectivity index (χ4v) is 6.55. The Morgan fingerprint density at radius 3 is 2.76 bits per heavy atom. The Balaban J connectivity index is 1.35. The van der Waals surface area contributed by atoms with Crippen molar-refractivity contribution < 1.29 is 13.9 Å². The first-order valence-corrected chi connectivity index (χ1v) is 12.8. The topological polar surface area (TPSA) is 108 Å². The highest BCUT2D eigenvalue weighted by Crippen LogP contribution is 2.48. The summed E-state index contributed by atoms with van der Waals surface area (Å²) in [6.07, 6.45) is 5.50. The van der Waals surface area contributed by atoms with Gasteiger partial charge in [0.05, 0.1) is 35.3 Å². The van der Waals surface area contributed by atoms with Crippen molar-refractivity contribution in [3.8, 4) is 0 Å². The average molecular weight is 511 g/mol. The van der Waals surface area contributed by atoms with Crippen molar-refractivity contribution in [2.24, 2.45) is 0 Å². The SMILES string of the molecule is O=C1c2cc3[nH]c(=O)c4cnc(C5CCOCC5)n4c3cc2C2Cc3[nH]cnc3C(c3cccc(F)c3)N12. The molecule has 1 amide bonds. The molecule has 3 aliphatic heterocycles. The third kappa shape index (κ3) is 2.94. The Bertz CT molecular complexity index is 1830. The molecule has 9 nitrogen and oxygen atoms in total. The summed E-state index contributed by atoms with van der Waals surface area (Å²) >= 11 is 0. The van der Waals surface area contributed by atoms with Crippen LogP contribution in [0.15, 0.2) is 53.7 Å². The molecule has 0 saturated carbocycles. The van der Waals surface area contributed by atoms with Gasteiger partial charge >= 0.3 is 0 Å². The highest BCUT2D eigenvalue weighted by atomic mass is 19.1. The van der Waals surface area contributed by atoms with Crippen LogP contribution in [-0.4, -0.2) is 48.4 Å². The number of nitrogens with one attached hydrogen (secondary N) is 2. The Hall–Kier alpha value is -4.31. The van der Waals surface area contributed by atoms with E-state index in [2.05, 4.69) is 19.9 Å². The third-order valence-corrected chi connectivity index (χ3v) is 8.28. The van der Waals surface area contributed by atoms with E-state index >= 15 is 0 Å². The van der Waals surface area contributed by atoms with Gasteiger partial charge in [-0.25, -0.2) is 14.4 Å². The van der Waals surface area contributed by atoms with Gasteiger partial charge in [0.1, 0.15) is 23.2 Å². The first-order valence-electron chi connectivity index (χ1n) is 12.8. The number of nitrogens with zero attached hydrogens (tertiary/aromatic N) is 4. The van der Waals surface area contributed by atoms with Gasteiger partial charge < -0.3 is 19.6 Å². The molecule has 0 radical (unpaired) electrons. The number of H-pyrrole nitrogens is 2. The molecule has 2 unspecified atom stereocenters. The minimum absolute atomic E-state index is 0.161. The summed E-state index contributed by atoms with van der Waals surface area (Å²) in [5.74, 6) is 0.503. The number of hydrogen-bond donors (Lipinski definition) is 2. The van der Waals surface area contributed by atoms with Gasteiger partial charge in [-0.15, -0.1) is 0 Å². The zero-order valence-corrected chi connectivity index (χ0v) is 20.3. The second-order valence-electron chi connectivity index (χ2n) is 10.3. The number of benzene rings is 2. The van der Waals surface area contributed by atoms with E-state index in [1.165, 1.54) is 12.1 Å². The van der Waals surface area contributed by atoms with E-state index in [4.69, 9.17) is 4.74 Å². The van der Waals surface area contributed by atoms with Crippen molar-refractivity contribution in [2.75, 3.05) is 13.2 Å². The zero-order chi connectivity index (χ0) is 25.5. The van der Waals surface area contributed by atoms with Crippen LogP contribution < -0.4 is 5.56 Å². The molecule has 1 fully saturated rings. The van der Waals surface area contributed by atoms with E-state index in [9.17, 15) is 14.0 Å². The number of halogens is 1. The molecule has 10 heteroatoms. The van der Waals surface area contributed by atoms with E-state index < -0.39 is 6.04 Å². The molecule has 2 atom stereocenters. The third-order valence-electron chi connectivity index (χ3n) is 8.28. The predicted molar refractivity (Wildman–Crippen MR) is 136 cm³/mol. The van der Waals surface area contributed by atoms with Crippen LogP contribution in [0, 0.1) is 5.82 Å². The Labute approximate surface area is 215 Å². The summed E-state index contributed by atoms with van der Waals surface area (Å²) in [7, 11) is 0. The van der Waals surface area contributed by atoms with Gasteiger partial charge in [0.15, 0.2) is 0 Å². The van der Waals surface area contributed by atoms with Gasteiger partial charge in [-0.3, -0.25) is 14.0 Å². The predicted octanol–water partition coefficient (Wildman–Crippen LogP) is 3.77.